The number of carbonyl (C=O) groups excluding carboxylic acids is 2. The summed E-state index contributed by atoms with van der Waals surface area (Å²) in [6, 6.07) is 15.2. The van der Waals surface area contributed by atoms with E-state index in [4.69, 9.17) is 0 Å². The fraction of sp³-hybridized carbons (Fsp3) is 0.111. The fourth-order valence-electron chi connectivity index (χ4n) is 2.37. The molecule has 0 aromatic heterocycles. The van der Waals surface area contributed by atoms with Crippen molar-refractivity contribution >= 4 is 34.7 Å². The monoisotopic (exact) mass is 309 g/mol. The molecule has 0 unspecified atom stereocenters. The van der Waals surface area contributed by atoms with Crippen molar-refractivity contribution in [3.8, 4) is 0 Å². The standard InChI is InChI=1S/C18H15NO2S/c1-12-5-3-7-14(9-12)11-16-17(20)19(18(21)22-16)15-8-4-6-13(2)10-15/h3-11H,1-2H3/b16-11-. The van der Waals surface area contributed by atoms with E-state index in [-0.39, 0.29) is 11.1 Å². The van der Waals surface area contributed by atoms with E-state index < -0.39 is 0 Å². The van der Waals surface area contributed by atoms with Crippen LogP contribution in [-0.2, 0) is 4.79 Å². The minimum absolute atomic E-state index is 0.255. The molecule has 0 aliphatic carbocycles. The van der Waals surface area contributed by atoms with Gasteiger partial charge in [-0.15, -0.1) is 0 Å². The zero-order valence-corrected chi connectivity index (χ0v) is 13.2. The van der Waals surface area contributed by atoms with Crippen molar-refractivity contribution in [2.45, 2.75) is 13.8 Å². The molecule has 3 rings (SSSR count). The number of benzene rings is 2. The van der Waals surface area contributed by atoms with Crippen molar-refractivity contribution in [1.82, 2.24) is 0 Å². The summed E-state index contributed by atoms with van der Waals surface area (Å²) in [4.78, 5) is 26.4. The summed E-state index contributed by atoms with van der Waals surface area (Å²) in [5, 5.41) is -0.255. The number of imide groups is 1. The minimum Gasteiger partial charge on any atom is -0.268 e. The normalized spacial score (nSPS) is 16.6. The lowest BCUT2D eigenvalue weighted by Crippen LogP contribution is -2.27. The minimum atomic E-state index is -0.262. The molecule has 0 bridgehead atoms. The maximum atomic E-state index is 12.5. The van der Waals surface area contributed by atoms with Crippen molar-refractivity contribution in [3.05, 3.63) is 70.1 Å². The summed E-state index contributed by atoms with van der Waals surface area (Å²) < 4.78 is 0. The van der Waals surface area contributed by atoms with Crippen LogP contribution >= 0.6 is 11.8 Å². The third kappa shape index (κ3) is 2.83. The molecule has 3 nitrogen and oxygen atoms in total. The zero-order valence-electron chi connectivity index (χ0n) is 12.4. The van der Waals surface area contributed by atoms with Gasteiger partial charge in [0, 0.05) is 0 Å². The zero-order chi connectivity index (χ0) is 15.7. The highest BCUT2D eigenvalue weighted by molar-refractivity contribution is 8.19. The number of hydrogen-bond donors (Lipinski definition) is 0. The van der Waals surface area contributed by atoms with Gasteiger partial charge < -0.3 is 0 Å². The Kier molecular flexibility index (Phi) is 3.86. The van der Waals surface area contributed by atoms with Gasteiger partial charge in [0.15, 0.2) is 0 Å². The van der Waals surface area contributed by atoms with Gasteiger partial charge >= 0.3 is 0 Å². The second-order valence-electron chi connectivity index (χ2n) is 5.27. The Labute approximate surface area is 133 Å². The number of aryl methyl sites for hydroxylation is 2. The molecule has 1 saturated heterocycles. The second-order valence-corrected chi connectivity index (χ2v) is 6.26. The number of anilines is 1. The van der Waals surface area contributed by atoms with Crippen LogP contribution in [0.15, 0.2) is 53.4 Å². The lowest BCUT2D eigenvalue weighted by molar-refractivity contribution is -0.113. The molecule has 4 heteroatoms. The van der Waals surface area contributed by atoms with Crippen molar-refractivity contribution in [2.24, 2.45) is 0 Å². The Balaban J connectivity index is 1.95. The van der Waals surface area contributed by atoms with Crippen molar-refractivity contribution < 1.29 is 9.59 Å². The van der Waals surface area contributed by atoms with Crippen LogP contribution in [0.2, 0.25) is 0 Å². The quantitative estimate of drug-likeness (QED) is 0.764. The van der Waals surface area contributed by atoms with Crippen molar-refractivity contribution in [1.29, 1.82) is 0 Å². The molecule has 2 aromatic rings. The molecule has 22 heavy (non-hydrogen) atoms. The highest BCUT2D eigenvalue weighted by atomic mass is 32.2. The van der Waals surface area contributed by atoms with E-state index >= 15 is 0 Å². The SMILES string of the molecule is Cc1cccc(/C=C2\SC(=O)N(c3cccc(C)c3)C2=O)c1. The maximum Gasteiger partial charge on any atom is 0.298 e. The smallest absolute Gasteiger partial charge is 0.268 e. The van der Waals surface area contributed by atoms with Gasteiger partial charge in [-0.3, -0.25) is 9.59 Å². The number of amides is 2. The second kappa shape index (κ2) is 5.81. The molecule has 0 N–H and O–H groups in total. The predicted octanol–water partition coefficient (Wildman–Crippen LogP) is 4.54. The first-order valence-electron chi connectivity index (χ1n) is 6.96. The number of carbonyl (C=O) groups is 2. The van der Waals surface area contributed by atoms with Gasteiger partial charge in [-0.1, -0.05) is 42.0 Å². The summed E-state index contributed by atoms with van der Waals surface area (Å²) in [5.41, 5.74) is 3.68. The van der Waals surface area contributed by atoms with Gasteiger partial charge in [0.05, 0.1) is 10.6 Å². The Hall–Kier alpha value is -2.33. The van der Waals surface area contributed by atoms with E-state index in [1.807, 2.05) is 56.3 Å². The highest BCUT2D eigenvalue weighted by Gasteiger charge is 2.36. The molecule has 2 aromatic carbocycles. The first-order valence-corrected chi connectivity index (χ1v) is 7.77. The van der Waals surface area contributed by atoms with Gasteiger partial charge in [-0.2, -0.15) is 0 Å². The van der Waals surface area contributed by atoms with Gasteiger partial charge in [-0.05, 0) is 54.9 Å². The summed E-state index contributed by atoms with van der Waals surface area (Å²) in [5.74, 6) is -0.262. The van der Waals surface area contributed by atoms with E-state index in [0.29, 0.717) is 10.6 Å². The lowest BCUT2D eigenvalue weighted by atomic mass is 10.1. The Morgan fingerprint density at radius 2 is 1.64 bits per heavy atom. The van der Waals surface area contributed by atoms with E-state index in [1.165, 1.54) is 4.90 Å². The largest absolute Gasteiger partial charge is 0.298 e. The molecule has 1 aliphatic heterocycles. The van der Waals surface area contributed by atoms with E-state index in [0.717, 1.165) is 28.5 Å². The maximum absolute atomic E-state index is 12.5. The molecule has 1 fully saturated rings. The van der Waals surface area contributed by atoms with Crippen LogP contribution < -0.4 is 4.90 Å². The molecular weight excluding hydrogens is 294 g/mol. The van der Waals surface area contributed by atoms with Crippen LogP contribution in [0.4, 0.5) is 10.5 Å². The van der Waals surface area contributed by atoms with Gasteiger partial charge in [0.1, 0.15) is 0 Å². The first kappa shape index (κ1) is 14.6. The number of thioether (sulfide) groups is 1. The summed E-state index contributed by atoms with van der Waals surface area (Å²) in [6.45, 7) is 3.93. The summed E-state index contributed by atoms with van der Waals surface area (Å²) >= 11 is 0.982. The topological polar surface area (TPSA) is 37.4 Å². The molecule has 1 heterocycles. The highest BCUT2D eigenvalue weighted by Crippen LogP contribution is 2.35. The average molecular weight is 309 g/mol. The summed E-state index contributed by atoms with van der Waals surface area (Å²) in [7, 11) is 0. The van der Waals surface area contributed by atoms with Gasteiger partial charge in [0.25, 0.3) is 11.1 Å². The summed E-state index contributed by atoms with van der Waals surface area (Å²) in [6.07, 6.45) is 1.77. The predicted molar refractivity (Wildman–Crippen MR) is 90.8 cm³/mol. The molecule has 0 spiro atoms. The lowest BCUT2D eigenvalue weighted by Gasteiger charge is -2.12. The van der Waals surface area contributed by atoms with E-state index in [9.17, 15) is 9.59 Å². The molecule has 0 atom stereocenters. The molecule has 110 valence electrons. The first-order chi connectivity index (χ1) is 10.5. The molecule has 1 aliphatic rings. The Morgan fingerprint density at radius 1 is 0.955 bits per heavy atom. The van der Waals surface area contributed by atoms with Crippen LogP contribution in [-0.4, -0.2) is 11.1 Å². The Morgan fingerprint density at radius 3 is 2.32 bits per heavy atom. The van der Waals surface area contributed by atoms with Crippen molar-refractivity contribution in [3.63, 3.8) is 0 Å². The van der Waals surface area contributed by atoms with Crippen LogP contribution in [0.5, 0.6) is 0 Å². The molecule has 2 amide bonds. The van der Waals surface area contributed by atoms with E-state index in [1.54, 1.807) is 12.1 Å². The Bertz CT molecular complexity index is 795. The van der Waals surface area contributed by atoms with Crippen LogP contribution in [0.25, 0.3) is 6.08 Å². The van der Waals surface area contributed by atoms with Crippen LogP contribution in [0, 0.1) is 13.8 Å². The third-order valence-corrected chi connectivity index (χ3v) is 4.26. The number of rotatable bonds is 2. The average Bonchev–Trinajstić information content (AvgIpc) is 2.73. The van der Waals surface area contributed by atoms with Crippen LogP contribution in [0.1, 0.15) is 16.7 Å². The fourth-order valence-corrected chi connectivity index (χ4v) is 3.21. The molecule has 0 radical (unpaired) electrons. The van der Waals surface area contributed by atoms with Gasteiger partial charge in [-0.25, -0.2) is 4.90 Å². The molecule has 0 saturated carbocycles. The third-order valence-electron chi connectivity index (χ3n) is 3.39. The van der Waals surface area contributed by atoms with E-state index in [2.05, 4.69) is 0 Å². The number of nitrogens with zero attached hydrogens (tertiary/aromatic N) is 1. The van der Waals surface area contributed by atoms with Crippen molar-refractivity contribution in [2.75, 3.05) is 4.90 Å². The van der Waals surface area contributed by atoms with Crippen LogP contribution in [0.3, 0.4) is 0 Å². The molecular formula is C18H15NO2S. The number of hydrogen-bond acceptors (Lipinski definition) is 3. The van der Waals surface area contributed by atoms with Gasteiger partial charge in [0.2, 0.25) is 0 Å².